The Labute approximate surface area is 121 Å². The third-order valence-electron chi connectivity index (χ3n) is 3.08. The minimum Gasteiger partial charge on any atom is -0.381 e. The van der Waals surface area contributed by atoms with Gasteiger partial charge in [0, 0.05) is 31.3 Å². The predicted octanol–water partition coefficient (Wildman–Crippen LogP) is 4.08. The third-order valence-corrected chi connectivity index (χ3v) is 4.22. The van der Waals surface area contributed by atoms with Gasteiger partial charge in [0.05, 0.1) is 12.2 Å². The van der Waals surface area contributed by atoms with E-state index in [9.17, 15) is 0 Å². The fraction of sp³-hybridized carbons (Fsp3) is 0.500. The first kappa shape index (κ1) is 16.3. The van der Waals surface area contributed by atoms with Crippen LogP contribution in [0.4, 0.5) is 0 Å². The van der Waals surface area contributed by atoms with E-state index in [4.69, 9.17) is 9.47 Å². The van der Waals surface area contributed by atoms with Crippen LogP contribution >= 0.6 is 11.8 Å². The monoisotopic (exact) mass is 280 g/mol. The molecule has 2 nitrogen and oxygen atoms in total. The average Bonchev–Trinajstić information content (AvgIpc) is 2.44. The molecule has 0 N–H and O–H groups in total. The largest absolute Gasteiger partial charge is 0.381 e. The maximum absolute atomic E-state index is 5.54. The van der Waals surface area contributed by atoms with Crippen LogP contribution in [0.15, 0.2) is 41.8 Å². The Morgan fingerprint density at radius 1 is 1.16 bits per heavy atom. The third kappa shape index (κ3) is 6.28. The summed E-state index contributed by atoms with van der Waals surface area (Å²) in [5.41, 5.74) is 1.29. The highest BCUT2D eigenvalue weighted by atomic mass is 32.2. The molecule has 0 unspecified atom stereocenters. The topological polar surface area (TPSA) is 18.5 Å². The molecular weight excluding hydrogens is 256 g/mol. The molecule has 0 heterocycles. The molecule has 0 aliphatic heterocycles. The van der Waals surface area contributed by atoms with Crippen LogP contribution in [0.2, 0.25) is 0 Å². The van der Waals surface area contributed by atoms with Crippen LogP contribution in [-0.4, -0.2) is 32.2 Å². The number of rotatable bonds is 9. The smallest absolute Gasteiger partial charge is 0.0690 e. The molecule has 3 heteroatoms. The molecule has 1 aromatic carbocycles. The van der Waals surface area contributed by atoms with Gasteiger partial charge >= 0.3 is 0 Å². The van der Waals surface area contributed by atoms with Crippen LogP contribution in [0.1, 0.15) is 18.4 Å². The van der Waals surface area contributed by atoms with Crippen molar-refractivity contribution in [3.8, 4) is 0 Å². The van der Waals surface area contributed by atoms with Crippen molar-refractivity contribution in [2.45, 2.75) is 36.9 Å². The molecule has 0 amide bonds. The van der Waals surface area contributed by atoms with E-state index in [0.717, 1.165) is 18.6 Å². The number of hydrogen-bond donors (Lipinski definition) is 0. The Morgan fingerprint density at radius 3 is 2.32 bits per heavy atom. The highest BCUT2D eigenvalue weighted by molar-refractivity contribution is 7.99. The van der Waals surface area contributed by atoms with Crippen molar-refractivity contribution >= 4 is 11.8 Å². The van der Waals surface area contributed by atoms with Crippen molar-refractivity contribution in [3.63, 3.8) is 0 Å². The molecule has 0 aliphatic carbocycles. The van der Waals surface area contributed by atoms with Crippen LogP contribution in [0.25, 0.3) is 0 Å². The number of benzene rings is 1. The summed E-state index contributed by atoms with van der Waals surface area (Å²) in [7, 11) is 3.51. The quantitative estimate of drug-likeness (QED) is 0.501. The number of methoxy groups -OCH3 is 2. The SMILES string of the molecule is C=CC[C@H](C[C@@H](CSc1ccc(C)cc1)OC)OC. The summed E-state index contributed by atoms with van der Waals surface area (Å²) in [6.45, 7) is 5.86. The van der Waals surface area contributed by atoms with E-state index in [-0.39, 0.29) is 12.2 Å². The minimum absolute atomic E-state index is 0.195. The Morgan fingerprint density at radius 2 is 1.79 bits per heavy atom. The first-order valence-electron chi connectivity index (χ1n) is 6.55. The summed E-state index contributed by atoms with van der Waals surface area (Å²) in [5.74, 6) is 0.941. The van der Waals surface area contributed by atoms with Crippen molar-refractivity contribution in [1.29, 1.82) is 0 Å². The summed E-state index contributed by atoms with van der Waals surface area (Å²) < 4.78 is 11.0. The molecule has 2 atom stereocenters. The lowest BCUT2D eigenvalue weighted by molar-refractivity contribution is 0.0343. The first-order valence-corrected chi connectivity index (χ1v) is 7.54. The molecule has 0 aromatic heterocycles. The number of hydrogen-bond acceptors (Lipinski definition) is 3. The highest BCUT2D eigenvalue weighted by Gasteiger charge is 2.15. The van der Waals surface area contributed by atoms with E-state index in [1.165, 1.54) is 10.5 Å². The second-order valence-corrected chi connectivity index (χ2v) is 5.69. The van der Waals surface area contributed by atoms with E-state index < -0.39 is 0 Å². The van der Waals surface area contributed by atoms with Crippen LogP contribution in [-0.2, 0) is 9.47 Å². The zero-order valence-electron chi connectivity index (χ0n) is 12.1. The van der Waals surface area contributed by atoms with E-state index >= 15 is 0 Å². The molecule has 0 bridgehead atoms. The van der Waals surface area contributed by atoms with Gasteiger partial charge in [-0.2, -0.15) is 0 Å². The highest BCUT2D eigenvalue weighted by Crippen LogP contribution is 2.22. The van der Waals surface area contributed by atoms with E-state index in [1.807, 2.05) is 17.8 Å². The molecule has 0 fully saturated rings. The van der Waals surface area contributed by atoms with Gasteiger partial charge in [-0.3, -0.25) is 0 Å². The van der Waals surface area contributed by atoms with Gasteiger partial charge in [-0.1, -0.05) is 23.8 Å². The Hall–Kier alpha value is -0.770. The number of thioether (sulfide) groups is 1. The van der Waals surface area contributed by atoms with E-state index in [1.54, 1.807) is 14.2 Å². The molecule has 19 heavy (non-hydrogen) atoms. The van der Waals surface area contributed by atoms with Crippen LogP contribution in [0, 0.1) is 6.92 Å². The van der Waals surface area contributed by atoms with Crippen LogP contribution in [0.5, 0.6) is 0 Å². The Bertz CT molecular complexity index is 362. The van der Waals surface area contributed by atoms with Crippen molar-refractivity contribution in [1.82, 2.24) is 0 Å². The summed E-state index contributed by atoms with van der Waals surface area (Å²) in [5, 5.41) is 0. The van der Waals surface area contributed by atoms with Crippen molar-refractivity contribution in [2.24, 2.45) is 0 Å². The van der Waals surface area contributed by atoms with Gasteiger partial charge in [-0.15, -0.1) is 18.3 Å². The number of ether oxygens (including phenoxy) is 2. The normalized spacial score (nSPS) is 14.1. The van der Waals surface area contributed by atoms with Gasteiger partial charge in [0.1, 0.15) is 0 Å². The van der Waals surface area contributed by atoms with Gasteiger partial charge < -0.3 is 9.47 Å². The fourth-order valence-electron chi connectivity index (χ4n) is 1.82. The molecule has 0 saturated heterocycles. The fourth-order valence-corrected chi connectivity index (χ4v) is 2.80. The molecular formula is C16H24O2S. The second-order valence-electron chi connectivity index (χ2n) is 4.60. The predicted molar refractivity (Wildman–Crippen MR) is 82.9 cm³/mol. The van der Waals surface area contributed by atoms with Gasteiger partial charge in [0.25, 0.3) is 0 Å². The van der Waals surface area contributed by atoms with Crippen LogP contribution < -0.4 is 0 Å². The lowest BCUT2D eigenvalue weighted by Gasteiger charge is -2.20. The minimum atomic E-state index is 0.195. The Balaban J connectivity index is 2.43. The lowest BCUT2D eigenvalue weighted by atomic mass is 10.1. The first-order chi connectivity index (χ1) is 9.19. The van der Waals surface area contributed by atoms with E-state index in [2.05, 4.69) is 37.8 Å². The molecule has 106 valence electrons. The van der Waals surface area contributed by atoms with Crippen molar-refractivity contribution in [3.05, 3.63) is 42.5 Å². The van der Waals surface area contributed by atoms with Gasteiger partial charge in [-0.05, 0) is 25.5 Å². The van der Waals surface area contributed by atoms with Gasteiger partial charge in [0.15, 0.2) is 0 Å². The molecule has 1 aromatic rings. The van der Waals surface area contributed by atoms with E-state index in [0.29, 0.717) is 0 Å². The molecule has 0 spiro atoms. The zero-order chi connectivity index (χ0) is 14.1. The van der Waals surface area contributed by atoms with Gasteiger partial charge in [0.2, 0.25) is 0 Å². The number of aryl methyl sites for hydroxylation is 1. The molecule has 0 aliphatic rings. The molecule has 1 rings (SSSR count). The summed E-state index contributed by atoms with van der Waals surface area (Å²) in [6.07, 6.45) is 4.06. The molecule has 0 saturated carbocycles. The van der Waals surface area contributed by atoms with Crippen molar-refractivity contribution < 1.29 is 9.47 Å². The van der Waals surface area contributed by atoms with Gasteiger partial charge in [-0.25, -0.2) is 0 Å². The average molecular weight is 280 g/mol. The maximum atomic E-state index is 5.54. The summed E-state index contributed by atoms with van der Waals surface area (Å²) in [6, 6.07) is 8.59. The summed E-state index contributed by atoms with van der Waals surface area (Å²) in [4.78, 5) is 1.28. The zero-order valence-corrected chi connectivity index (χ0v) is 12.9. The van der Waals surface area contributed by atoms with Crippen LogP contribution in [0.3, 0.4) is 0 Å². The summed E-state index contributed by atoms with van der Waals surface area (Å²) >= 11 is 1.83. The van der Waals surface area contributed by atoms with Crippen molar-refractivity contribution in [2.75, 3.05) is 20.0 Å². The maximum Gasteiger partial charge on any atom is 0.0690 e. The standard InChI is InChI=1S/C16H24O2S/c1-5-6-14(17-3)11-15(18-4)12-19-16-9-7-13(2)8-10-16/h5,7-10,14-15H,1,6,11-12H2,2-4H3/t14-,15+/m1/s1. The molecule has 0 radical (unpaired) electrons. The second kappa shape index (κ2) is 9.18. The lowest BCUT2D eigenvalue weighted by Crippen LogP contribution is -2.23. The Kier molecular flexibility index (Phi) is 7.87.